The Bertz CT molecular complexity index is 709. The van der Waals surface area contributed by atoms with Crippen LogP contribution in [-0.4, -0.2) is 29.0 Å². The molecule has 0 radical (unpaired) electrons. The van der Waals surface area contributed by atoms with Gasteiger partial charge in [-0.15, -0.1) is 0 Å². The van der Waals surface area contributed by atoms with Gasteiger partial charge in [0.15, 0.2) is 0 Å². The largest absolute Gasteiger partial charge is 0.361 e. The number of likely N-dealkylation sites (tertiary alicyclic amines) is 1. The molecule has 4 rings (SSSR count). The molecule has 2 aromatic rings. The molecule has 3 heteroatoms. The molecular formula is C18H21N3. The first-order chi connectivity index (χ1) is 10.3. The van der Waals surface area contributed by atoms with Crippen LogP contribution in [0.4, 0.5) is 0 Å². The Labute approximate surface area is 125 Å². The number of benzene rings is 1. The molecule has 1 aromatic carbocycles. The van der Waals surface area contributed by atoms with E-state index in [1.54, 1.807) is 0 Å². The first kappa shape index (κ1) is 12.9. The average Bonchev–Trinajstić information content (AvgIpc) is 2.92. The molecule has 1 aliphatic heterocycles. The number of aromatic nitrogens is 1. The molecule has 3 atom stereocenters. The molecule has 21 heavy (non-hydrogen) atoms. The molecule has 1 saturated heterocycles. The van der Waals surface area contributed by atoms with Crippen LogP contribution < -0.4 is 0 Å². The van der Waals surface area contributed by atoms with E-state index in [1.165, 1.54) is 28.5 Å². The molecular weight excluding hydrogens is 258 g/mol. The zero-order valence-electron chi connectivity index (χ0n) is 12.5. The highest BCUT2D eigenvalue weighted by Gasteiger charge is 2.39. The molecule has 108 valence electrons. The number of fused-ring (bicyclic) bond motifs is 2. The average molecular weight is 279 g/mol. The maximum absolute atomic E-state index is 9.08. The van der Waals surface area contributed by atoms with E-state index >= 15 is 0 Å². The van der Waals surface area contributed by atoms with Gasteiger partial charge in [0.05, 0.1) is 6.07 Å². The lowest BCUT2D eigenvalue weighted by Crippen LogP contribution is -2.49. The third-order valence-electron chi connectivity index (χ3n) is 5.45. The van der Waals surface area contributed by atoms with E-state index < -0.39 is 0 Å². The van der Waals surface area contributed by atoms with Crippen molar-refractivity contribution in [2.75, 3.05) is 13.1 Å². The van der Waals surface area contributed by atoms with Crippen molar-refractivity contribution in [2.45, 2.75) is 38.1 Å². The van der Waals surface area contributed by atoms with Crippen molar-refractivity contribution in [2.24, 2.45) is 5.92 Å². The Morgan fingerprint density at radius 1 is 1.43 bits per heavy atom. The summed E-state index contributed by atoms with van der Waals surface area (Å²) in [6.45, 7) is 4.42. The van der Waals surface area contributed by atoms with Crippen molar-refractivity contribution in [3.63, 3.8) is 0 Å². The second kappa shape index (κ2) is 4.89. The summed E-state index contributed by atoms with van der Waals surface area (Å²) in [7, 11) is 0. The van der Waals surface area contributed by atoms with Crippen molar-refractivity contribution in [3.05, 3.63) is 35.5 Å². The Hall–Kier alpha value is -1.79. The van der Waals surface area contributed by atoms with Gasteiger partial charge in [-0.1, -0.05) is 19.1 Å². The predicted molar refractivity (Wildman–Crippen MR) is 84.1 cm³/mol. The van der Waals surface area contributed by atoms with Crippen LogP contribution in [0.5, 0.6) is 0 Å². The number of aromatic amines is 1. The van der Waals surface area contributed by atoms with Crippen molar-refractivity contribution in [1.29, 1.82) is 5.26 Å². The molecule has 1 aromatic heterocycles. The van der Waals surface area contributed by atoms with E-state index in [0.717, 1.165) is 19.5 Å². The van der Waals surface area contributed by atoms with E-state index in [4.69, 9.17) is 5.26 Å². The van der Waals surface area contributed by atoms with Crippen LogP contribution in [0.1, 0.15) is 36.8 Å². The van der Waals surface area contributed by atoms with Crippen molar-refractivity contribution >= 4 is 10.9 Å². The lowest BCUT2D eigenvalue weighted by atomic mass is 9.72. The quantitative estimate of drug-likeness (QED) is 0.915. The lowest BCUT2D eigenvalue weighted by Gasteiger charge is -2.46. The van der Waals surface area contributed by atoms with E-state index in [1.807, 2.05) is 0 Å². The van der Waals surface area contributed by atoms with Crippen molar-refractivity contribution in [1.82, 2.24) is 9.88 Å². The van der Waals surface area contributed by atoms with Gasteiger partial charge in [0.25, 0.3) is 0 Å². The minimum atomic E-state index is 0.520. The maximum atomic E-state index is 9.08. The summed E-state index contributed by atoms with van der Waals surface area (Å²) in [5.74, 6) is 1.11. The predicted octanol–water partition coefficient (Wildman–Crippen LogP) is 3.43. The summed E-state index contributed by atoms with van der Waals surface area (Å²) in [4.78, 5) is 6.03. The Balaban J connectivity index is 1.80. The Morgan fingerprint density at radius 2 is 2.33 bits per heavy atom. The number of piperidine rings is 1. The first-order valence-electron chi connectivity index (χ1n) is 8.01. The second-order valence-corrected chi connectivity index (χ2v) is 6.51. The summed E-state index contributed by atoms with van der Waals surface area (Å²) in [5, 5.41) is 10.5. The standard InChI is InChI=1S/C18H21N3/c1-2-21-11-12(6-7-19)8-15-14-4-3-5-16-18(14)13(10-20-16)9-17(15)21/h3-5,10,12,15,17,20H,2,6,8-9,11H2,1H3/t12?,15?,17-/m1/s1. The van der Waals surface area contributed by atoms with Crippen molar-refractivity contribution < 1.29 is 0 Å². The molecule has 0 amide bonds. The van der Waals surface area contributed by atoms with E-state index in [9.17, 15) is 0 Å². The number of hydrogen-bond donors (Lipinski definition) is 1. The third kappa shape index (κ3) is 1.90. The summed E-state index contributed by atoms with van der Waals surface area (Å²) in [5.41, 5.74) is 4.24. The fraction of sp³-hybridized carbons (Fsp3) is 0.500. The molecule has 1 N–H and O–H groups in total. The van der Waals surface area contributed by atoms with Crippen LogP contribution in [0.3, 0.4) is 0 Å². The summed E-state index contributed by atoms with van der Waals surface area (Å²) in [6, 6.07) is 9.65. The van der Waals surface area contributed by atoms with Gasteiger partial charge in [-0.25, -0.2) is 0 Å². The van der Waals surface area contributed by atoms with Crippen molar-refractivity contribution in [3.8, 4) is 6.07 Å². The molecule has 1 aliphatic carbocycles. The normalized spacial score (nSPS) is 28.3. The fourth-order valence-electron chi connectivity index (χ4n) is 4.54. The second-order valence-electron chi connectivity index (χ2n) is 6.51. The Kier molecular flexibility index (Phi) is 3.01. The fourth-order valence-corrected chi connectivity index (χ4v) is 4.54. The molecule has 0 bridgehead atoms. The van der Waals surface area contributed by atoms with Crippen LogP contribution in [-0.2, 0) is 6.42 Å². The number of hydrogen-bond acceptors (Lipinski definition) is 2. The number of likely N-dealkylation sites (N-methyl/N-ethyl adjacent to an activating group) is 1. The molecule has 3 nitrogen and oxygen atoms in total. The molecule has 2 heterocycles. The van der Waals surface area contributed by atoms with Crippen LogP contribution in [0, 0.1) is 17.2 Å². The topological polar surface area (TPSA) is 42.8 Å². The number of nitrogens with zero attached hydrogens (tertiary/aromatic N) is 2. The van der Waals surface area contributed by atoms with Gasteiger partial charge in [-0.3, -0.25) is 4.90 Å². The lowest BCUT2D eigenvalue weighted by molar-refractivity contribution is 0.0917. The zero-order chi connectivity index (χ0) is 14.4. The smallest absolute Gasteiger partial charge is 0.0625 e. The molecule has 2 aliphatic rings. The number of nitriles is 1. The van der Waals surface area contributed by atoms with Crippen LogP contribution >= 0.6 is 0 Å². The van der Waals surface area contributed by atoms with Crippen LogP contribution in [0.15, 0.2) is 24.4 Å². The van der Waals surface area contributed by atoms with Gasteiger partial charge >= 0.3 is 0 Å². The number of rotatable bonds is 2. The number of H-pyrrole nitrogens is 1. The zero-order valence-corrected chi connectivity index (χ0v) is 12.5. The molecule has 0 saturated carbocycles. The van der Waals surface area contributed by atoms with Gasteiger partial charge in [0.1, 0.15) is 0 Å². The minimum Gasteiger partial charge on any atom is -0.361 e. The highest BCUT2D eigenvalue weighted by atomic mass is 15.2. The SMILES string of the molecule is CCN1CC(CC#N)CC2c3cccc4[nH]cc(c34)C[C@H]21. The van der Waals surface area contributed by atoms with Gasteiger partial charge in [0, 0.05) is 42.0 Å². The van der Waals surface area contributed by atoms with E-state index in [0.29, 0.717) is 24.3 Å². The van der Waals surface area contributed by atoms with E-state index in [-0.39, 0.29) is 0 Å². The van der Waals surface area contributed by atoms with Gasteiger partial charge in [0.2, 0.25) is 0 Å². The highest BCUT2D eigenvalue weighted by molar-refractivity contribution is 5.88. The number of nitrogens with one attached hydrogen (secondary N) is 1. The van der Waals surface area contributed by atoms with Gasteiger partial charge < -0.3 is 4.98 Å². The van der Waals surface area contributed by atoms with Gasteiger partial charge in [-0.2, -0.15) is 5.26 Å². The Morgan fingerprint density at radius 3 is 3.14 bits per heavy atom. The van der Waals surface area contributed by atoms with Crippen LogP contribution in [0.25, 0.3) is 10.9 Å². The first-order valence-corrected chi connectivity index (χ1v) is 8.01. The summed E-state index contributed by atoms with van der Waals surface area (Å²) >= 11 is 0. The monoisotopic (exact) mass is 279 g/mol. The van der Waals surface area contributed by atoms with Gasteiger partial charge in [-0.05, 0) is 42.5 Å². The highest BCUT2D eigenvalue weighted by Crippen LogP contribution is 2.45. The molecule has 0 spiro atoms. The molecule has 2 unspecified atom stereocenters. The molecule has 1 fully saturated rings. The minimum absolute atomic E-state index is 0.520. The van der Waals surface area contributed by atoms with Crippen LogP contribution in [0.2, 0.25) is 0 Å². The summed E-state index contributed by atoms with van der Waals surface area (Å²) in [6.07, 6.45) is 5.20. The summed E-state index contributed by atoms with van der Waals surface area (Å²) < 4.78 is 0. The third-order valence-corrected chi connectivity index (χ3v) is 5.45. The van der Waals surface area contributed by atoms with E-state index in [2.05, 4.69) is 47.3 Å². The maximum Gasteiger partial charge on any atom is 0.0625 e.